The summed E-state index contributed by atoms with van der Waals surface area (Å²) in [6.45, 7) is 1.75. The van der Waals surface area contributed by atoms with Crippen molar-refractivity contribution in [2.75, 3.05) is 11.1 Å². The Morgan fingerprint density at radius 1 is 1.52 bits per heavy atom. The fraction of sp³-hybridized carbons (Fsp3) is 0.286. The van der Waals surface area contributed by atoms with E-state index in [1.54, 1.807) is 25.1 Å². The number of halogens is 2. The van der Waals surface area contributed by atoms with Gasteiger partial charge in [0.2, 0.25) is 5.91 Å². The molecule has 0 atom stereocenters. The number of anilines is 1. The molecule has 0 saturated carbocycles. The minimum Gasteiger partial charge on any atom is -0.360 e. The normalized spacial score (nSPS) is 10.6. The van der Waals surface area contributed by atoms with Gasteiger partial charge in [-0.3, -0.25) is 4.79 Å². The Kier molecular flexibility index (Phi) is 5.64. The van der Waals surface area contributed by atoms with Gasteiger partial charge in [0.05, 0.1) is 0 Å². The highest BCUT2D eigenvalue weighted by Crippen LogP contribution is 2.24. The SMILES string of the molecule is Cc1cc(NC(=O)CCSCc2c(F)cccc2Cl)no1. The lowest BCUT2D eigenvalue weighted by Crippen LogP contribution is -2.12. The number of carbonyl (C=O) groups excluding carboxylic acids is 1. The lowest BCUT2D eigenvalue weighted by molar-refractivity contribution is -0.115. The number of nitrogens with zero attached hydrogens (tertiary/aromatic N) is 1. The highest BCUT2D eigenvalue weighted by molar-refractivity contribution is 7.98. The van der Waals surface area contributed by atoms with Crippen LogP contribution in [0.4, 0.5) is 10.2 Å². The van der Waals surface area contributed by atoms with Gasteiger partial charge in [0.15, 0.2) is 5.82 Å². The number of nitrogens with one attached hydrogen (secondary N) is 1. The van der Waals surface area contributed by atoms with E-state index in [2.05, 4.69) is 10.5 Å². The number of benzene rings is 1. The number of hydrogen-bond donors (Lipinski definition) is 1. The second kappa shape index (κ2) is 7.47. The van der Waals surface area contributed by atoms with Gasteiger partial charge in [-0.05, 0) is 19.1 Å². The maximum absolute atomic E-state index is 13.5. The summed E-state index contributed by atoms with van der Waals surface area (Å²) in [7, 11) is 0. The van der Waals surface area contributed by atoms with Crippen LogP contribution in [0.5, 0.6) is 0 Å². The predicted octanol–water partition coefficient (Wildman–Crippen LogP) is 4.04. The number of rotatable bonds is 6. The first-order valence-electron chi connectivity index (χ1n) is 6.30. The van der Waals surface area contributed by atoms with Crippen molar-refractivity contribution in [1.29, 1.82) is 0 Å². The first-order chi connectivity index (χ1) is 10.1. The number of hydrogen-bond acceptors (Lipinski definition) is 4. The van der Waals surface area contributed by atoms with Crippen molar-refractivity contribution in [3.63, 3.8) is 0 Å². The lowest BCUT2D eigenvalue weighted by atomic mass is 10.2. The minimum absolute atomic E-state index is 0.157. The fourth-order valence-corrected chi connectivity index (χ4v) is 2.92. The van der Waals surface area contributed by atoms with Gasteiger partial charge in [0.25, 0.3) is 0 Å². The van der Waals surface area contributed by atoms with E-state index >= 15 is 0 Å². The number of amides is 1. The van der Waals surface area contributed by atoms with Crippen LogP contribution in [0.25, 0.3) is 0 Å². The molecule has 1 N–H and O–H groups in total. The molecule has 21 heavy (non-hydrogen) atoms. The summed E-state index contributed by atoms with van der Waals surface area (Å²) in [6, 6.07) is 6.24. The van der Waals surface area contributed by atoms with E-state index in [1.165, 1.54) is 17.8 Å². The van der Waals surface area contributed by atoms with Crippen LogP contribution < -0.4 is 5.32 Å². The van der Waals surface area contributed by atoms with Gasteiger partial charge in [-0.15, -0.1) is 0 Å². The minimum atomic E-state index is -0.322. The zero-order valence-electron chi connectivity index (χ0n) is 11.4. The van der Waals surface area contributed by atoms with Crippen LogP contribution in [0.1, 0.15) is 17.7 Å². The van der Waals surface area contributed by atoms with Gasteiger partial charge >= 0.3 is 0 Å². The highest BCUT2D eigenvalue weighted by Gasteiger charge is 2.09. The van der Waals surface area contributed by atoms with Crippen molar-refractivity contribution in [2.45, 2.75) is 19.1 Å². The summed E-state index contributed by atoms with van der Waals surface area (Å²) in [5.41, 5.74) is 0.469. The molecule has 7 heteroatoms. The molecular weight excluding hydrogens is 315 g/mol. The monoisotopic (exact) mass is 328 g/mol. The summed E-state index contributed by atoms with van der Waals surface area (Å²) in [5.74, 6) is 1.55. The van der Waals surface area contributed by atoms with E-state index < -0.39 is 0 Å². The van der Waals surface area contributed by atoms with E-state index in [4.69, 9.17) is 16.1 Å². The topological polar surface area (TPSA) is 55.1 Å². The quantitative estimate of drug-likeness (QED) is 0.813. The Labute approximate surface area is 131 Å². The Morgan fingerprint density at radius 2 is 2.33 bits per heavy atom. The van der Waals surface area contributed by atoms with Gasteiger partial charge in [-0.1, -0.05) is 22.8 Å². The first-order valence-corrected chi connectivity index (χ1v) is 7.83. The van der Waals surface area contributed by atoms with Crippen LogP contribution in [-0.4, -0.2) is 16.8 Å². The largest absolute Gasteiger partial charge is 0.360 e. The van der Waals surface area contributed by atoms with Gasteiger partial charge in [0.1, 0.15) is 11.6 Å². The third-order valence-corrected chi connectivity index (χ3v) is 4.02. The molecule has 0 bridgehead atoms. The van der Waals surface area contributed by atoms with E-state index in [0.717, 1.165) is 0 Å². The Balaban J connectivity index is 1.73. The second-order valence-corrected chi connectivity index (χ2v) is 5.89. The highest BCUT2D eigenvalue weighted by atomic mass is 35.5. The molecule has 1 aromatic carbocycles. The van der Waals surface area contributed by atoms with Crippen LogP contribution in [-0.2, 0) is 10.5 Å². The number of thioether (sulfide) groups is 1. The third-order valence-electron chi connectivity index (χ3n) is 2.68. The van der Waals surface area contributed by atoms with Gasteiger partial charge in [-0.25, -0.2) is 4.39 Å². The molecule has 0 aliphatic rings. The smallest absolute Gasteiger partial charge is 0.226 e. The Morgan fingerprint density at radius 3 is 3.00 bits per heavy atom. The average Bonchev–Trinajstić information content (AvgIpc) is 2.82. The molecule has 1 aromatic heterocycles. The maximum Gasteiger partial charge on any atom is 0.226 e. The zero-order chi connectivity index (χ0) is 15.2. The third kappa shape index (κ3) is 4.75. The van der Waals surface area contributed by atoms with E-state index in [0.29, 0.717) is 40.1 Å². The van der Waals surface area contributed by atoms with Crippen molar-refractivity contribution >= 4 is 35.1 Å². The number of aryl methyl sites for hydroxylation is 1. The van der Waals surface area contributed by atoms with E-state index in [1.807, 2.05) is 0 Å². The molecule has 1 amide bonds. The lowest BCUT2D eigenvalue weighted by Gasteiger charge is -2.05. The number of carbonyl (C=O) groups is 1. The van der Waals surface area contributed by atoms with Gasteiger partial charge < -0.3 is 9.84 Å². The molecule has 4 nitrogen and oxygen atoms in total. The summed E-state index contributed by atoms with van der Waals surface area (Å²) < 4.78 is 18.4. The summed E-state index contributed by atoms with van der Waals surface area (Å²) in [6.07, 6.45) is 0.308. The van der Waals surface area contributed by atoms with Crippen molar-refractivity contribution < 1.29 is 13.7 Å². The Hall–Kier alpha value is -1.53. The second-order valence-electron chi connectivity index (χ2n) is 4.37. The molecule has 0 radical (unpaired) electrons. The van der Waals surface area contributed by atoms with Crippen molar-refractivity contribution in [3.8, 4) is 0 Å². The molecule has 0 spiro atoms. The zero-order valence-corrected chi connectivity index (χ0v) is 12.9. The number of aromatic nitrogens is 1. The predicted molar refractivity (Wildman–Crippen MR) is 82.1 cm³/mol. The average molecular weight is 329 g/mol. The van der Waals surface area contributed by atoms with Crippen LogP contribution >= 0.6 is 23.4 Å². The molecule has 1 heterocycles. The Bertz CT molecular complexity index is 613. The van der Waals surface area contributed by atoms with Crippen molar-refractivity contribution in [2.24, 2.45) is 0 Å². The molecule has 2 aromatic rings. The molecule has 0 aliphatic heterocycles. The van der Waals surface area contributed by atoms with Crippen molar-refractivity contribution in [3.05, 3.63) is 46.4 Å². The standard InChI is InChI=1S/C14H14ClFN2O2S/c1-9-7-13(18-20-9)17-14(19)5-6-21-8-10-11(15)3-2-4-12(10)16/h2-4,7H,5-6,8H2,1H3,(H,17,18,19). The molecule has 0 fully saturated rings. The van der Waals surface area contributed by atoms with Crippen molar-refractivity contribution in [1.82, 2.24) is 5.16 Å². The molecule has 0 saturated heterocycles. The molecule has 0 unspecified atom stereocenters. The molecule has 2 rings (SSSR count). The first kappa shape index (κ1) is 15.9. The summed E-state index contributed by atoms with van der Waals surface area (Å²) >= 11 is 7.38. The molecular formula is C14H14ClFN2O2S. The fourth-order valence-electron chi connectivity index (χ4n) is 1.64. The van der Waals surface area contributed by atoms with Crippen LogP contribution in [0.15, 0.2) is 28.8 Å². The van der Waals surface area contributed by atoms with Crippen LogP contribution in [0, 0.1) is 12.7 Å². The van der Waals surface area contributed by atoms with Crippen LogP contribution in [0.2, 0.25) is 5.02 Å². The van der Waals surface area contributed by atoms with Crippen LogP contribution in [0.3, 0.4) is 0 Å². The molecule has 0 aliphatic carbocycles. The van der Waals surface area contributed by atoms with E-state index in [9.17, 15) is 9.18 Å². The summed E-state index contributed by atoms with van der Waals surface area (Å²) in [5, 5.41) is 6.71. The van der Waals surface area contributed by atoms with E-state index in [-0.39, 0.29) is 11.7 Å². The summed E-state index contributed by atoms with van der Waals surface area (Å²) in [4.78, 5) is 11.7. The molecule has 112 valence electrons. The maximum atomic E-state index is 13.5. The van der Waals surface area contributed by atoms with Gasteiger partial charge in [-0.2, -0.15) is 11.8 Å². The van der Waals surface area contributed by atoms with Gasteiger partial charge in [0, 0.05) is 34.6 Å².